The first-order valence-electron chi connectivity index (χ1n) is 5.36. The molecule has 2 aromatic rings. The Morgan fingerprint density at radius 1 is 1.59 bits per heavy atom. The van der Waals surface area contributed by atoms with E-state index in [2.05, 4.69) is 15.2 Å². The molecule has 0 aliphatic carbocycles. The van der Waals surface area contributed by atoms with E-state index < -0.39 is 0 Å². The highest BCUT2D eigenvalue weighted by atomic mass is 16.3. The molecule has 0 aromatic carbocycles. The summed E-state index contributed by atoms with van der Waals surface area (Å²) in [6.45, 7) is 0.441. The Morgan fingerprint density at radius 3 is 3.12 bits per heavy atom. The summed E-state index contributed by atoms with van der Waals surface area (Å²) in [6.07, 6.45) is 4.08. The molecule has 6 nitrogen and oxygen atoms in total. The van der Waals surface area contributed by atoms with E-state index in [0.29, 0.717) is 25.2 Å². The first-order chi connectivity index (χ1) is 8.25. The molecule has 0 bridgehead atoms. The van der Waals surface area contributed by atoms with Crippen LogP contribution in [0.15, 0.2) is 29.1 Å². The van der Waals surface area contributed by atoms with Gasteiger partial charge in [0.2, 0.25) is 5.91 Å². The molecule has 1 amide bonds. The maximum absolute atomic E-state index is 11.8. The molecule has 0 aliphatic rings. The number of aromatic amines is 1. The third-order valence-electron chi connectivity index (χ3n) is 2.44. The quantitative estimate of drug-likeness (QED) is 0.837. The van der Waals surface area contributed by atoms with Gasteiger partial charge in [-0.25, -0.2) is 4.98 Å². The fourth-order valence-corrected chi connectivity index (χ4v) is 1.50. The lowest BCUT2D eigenvalue weighted by Gasteiger charge is -2.14. The van der Waals surface area contributed by atoms with Gasteiger partial charge in [0.15, 0.2) is 0 Å². The van der Waals surface area contributed by atoms with E-state index >= 15 is 0 Å². The van der Waals surface area contributed by atoms with E-state index in [4.69, 9.17) is 4.42 Å². The molecule has 0 unspecified atom stereocenters. The highest BCUT2D eigenvalue weighted by Crippen LogP contribution is 2.06. The predicted octanol–water partition coefficient (Wildman–Crippen LogP) is 0.989. The van der Waals surface area contributed by atoms with Crippen LogP contribution >= 0.6 is 0 Å². The Labute approximate surface area is 98.6 Å². The molecule has 2 aromatic heterocycles. The van der Waals surface area contributed by atoms with Crippen LogP contribution in [0.4, 0.5) is 0 Å². The summed E-state index contributed by atoms with van der Waals surface area (Å²) in [5.74, 6) is 1.56. The second kappa shape index (κ2) is 5.29. The lowest BCUT2D eigenvalue weighted by molar-refractivity contribution is -0.130. The standard InChI is InChI=1S/C11H14N4O2/c1-15(7-10-12-8-13-14-10)11(16)5-4-9-3-2-6-17-9/h2-3,6,8H,4-5,7H2,1H3,(H,12,13,14). The normalized spacial score (nSPS) is 10.4. The van der Waals surface area contributed by atoms with Crippen LogP contribution in [-0.2, 0) is 17.8 Å². The highest BCUT2D eigenvalue weighted by Gasteiger charge is 2.11. The topological polar surface area (TPSA) is 75.0 Å². The van der Waals surface area contributed by atoms with Gasteiger partial charge in [0.25, 0.3) is 0 Å². The van der Waals surface area contributed by atoms with Crippen LogP contribution in [0.1, 0.15) is 18.0 Å². The number of aromatic nitrogens is 3. The van der Waals surface area contributed by atoms with Crippen molar-refractivity contribution in [1.82, 2.24) is 20.1 Å². The summed E-state index contributed by atoms with van der Waals surface area (Å²) in [5.41, 5.74) is 0. The summed E-state index contributed by atoms with van der Waals surface area (Å²) in [4.78, 5) is 17.4. The Balaban J connectivity index is 1.79. The number of H-pyrrole nitrogens is 1. The van der Waals surface area contributed by atoms with Gasteiger partial charge in [-0.3, -0.25) is 9.89 Å². The number of nitrogens with one attached hydrogen (secondary N) is 1. The smallest absolute Gasteiger partial charge is 0.223 e. The van der Waals surface area contributed by atoms with Crippen molar-refractivity contribution in [2.24, 2.45) is 0 Å². The molecule has 0 saturated heterocycles. The van der Waals surface area contributed by atoms with E-state index in [1.807, 2.05) is 12.1 Å². The minimum absolute atomic E-state index is 0.0535. The van der Waals surface area contributed by atoms with Gasteiger partial charge in [0, 0.05) is 19.9 Å². The number of carbonyl (C=O) groups excluding carboxylic acids is 1. The summed E-state index contributed by atoms with van der Waals surface area (Å²) in [7, 11) is 1.74. The minimum atomic E-state index is 0.0535. The van der Waals surface area contributed by atoms with Crippen molar-refractivity contribution in [2.45, 2.75) is 19.4 Å². The Kier molecular flexibility index (Phi) is 3.54. The van der Waals surface area contributed by atoms with E-state index in [1.54, 1.807) is 18.2 Å². The van der Waals surface area contributed by atoms with Crippen molar-refractivity contribution in [1.29, 1.82) is 0 Å². The Bertz CT molecular complexity index is 450. The van der Waals surface area contributed by atoms with Gasteiger partial charge in [0.05, 0.1) is 12.8 Å². The maximum Gasteiger partial charge on any atom is 0.223 e. The number of nitrogens with zero attached hydrogens (tertiary/aromatic N) is 3. The number of aryl methyl sites for hydroxylation is 1. The first-order valence-corrected chi connectivity index (χ1v) is 5.36. The average Bonchev–Trinajstić information content (AvgIpc) is 2.98. The molecule has 0 atom stereocenters. The first kappa shape index (κ1) is 11.4. The van der Waals surface area contributed by atoms with Crippen molar-refractivity contribution >= 4 is 5.91 Å². The Hall–Kier alpha value is -2.11. The fraction of sp³-hybridized carbons (Fsp3) is 0.364. The second-order valence-corrected chi connectivity index (χ2v) is 3.76. The monoisotopic (exact) mass is 234 g/mol. The second-order valence-electron chi connectivity index (χ2n) is 3.76. The molecule has 1 N–H and O–H groups in total. The Morgan fingerprint density at radius 2 is 2.47 bits per heavy atom. The molecule has 0 radical (unpaired) electrons. The van der Waals surface area contributed by atoms with Crippen molar-refractivity contribution in [3.63, 3.8) is 0 Å². The molecule has 2 rings (SSSR count). The van der Waals surface area contributed by atoms with Crippen LogP contribution in [-0.4, -0.2) is 33.0 Å². The van der Waals surface area contributed by atoms with Crippen LogP contribution in [0.2, 0.25) is 0 Å². The van der Waals surface area contributed by atoms with E-state index in [0.717, 1.165) is 5.76 Å². The zero-order chi connectivity index (χ0) is 12.1. The summed E-state index contributed by atoms with van der Waals surface area (Å²) < 4.78 is 5.17. The van der Waals surface area contributed by atoms with E-state index in [9.17, 15) is 4.79 Å². The zero-order valence-corrected chi connectivity index (χ0v) is 9.59. The molecule has 0 fully saturated rings. The molecule has 0 saturated carbocycles. The molecule has 0 aliphatic heterocycles. The van der Waals surface area contributed by atoms with Crippen molar-refractivity contribution in [3.8, 4) is 0 Å². The van der Waals surface area contributed by atoms with Crippen molar-refractivity contribution < 1.29 is 9.21 Å². The van der Waals surface area contributed by atoms with Crippen molar-refractivity contribution in [3.05, 3.63) is 36.3 Å². The predicted molar refractivity (Wildman–Crippen MR) is 59.9 cm³/mol. The molecule has 6 heteroatoms. The molecule has 90 valence electrons. The van der Waals surface area contributed by atoms with Gasteiger partial charge >= 0.3 is 0 Å². The third kappa shape index (κ3) is 3.17. The van der Waals surface area contributed by atoms with Crippen LogP contribution < -0.4 is 0 Å². The number of amides is 1. The third-order valence-corrected chi connectivity index (χ3v) is 2.44. The van der Waals surface area contributed by atoms with Gasteiger partial charge < -0.3 is 9.32 Å². The van der Waals surface area contributed by atoms with Crippen LogP contribution in [0.3, 0.4) is 0 Å². The molecule has 2 heterocycles. The van der Waals surface area contributed by atoms with Crippen LogP contribution in [0.5, 0.6) is 0 Å². The SMILES string of the molecule is CN(Cc1ncn[nH]1)C(=O)CCc1ccco1. The molecular weight excluding hydrogens is 220 g/mol. The summed E-state index contributed by atoms with van der Waals surface area (Å²) >= 11 is 0. The highest BCUT2D eigenvalue weighted by molar-refractivity contribution is 5.75. The number of rotatable bonds is 5. The zero-order valence-electron chi connectivity index (χ0n) is 9.59. The van der Waals surface area contributed by atoms with Gasteiger partial charge in [0.1, 0.15) is 17.9 Å². The van der Waals surface area contributed by atoms with Gasteiger partial charge in [-0.1, -0.05) is 0 Å². The summed E-state index contributed by atoms with van der Waals surface area (Å²) in [5, 5.41) is 6.45. The number of hydrogen-bond donors (Lipinski definition) is 1. The largest absolute Gasteiger partial charge is 0.469 e. The van der Waals surface area contributed by atoms with E-state index in [-0.39, 0.29) is 5.91 Å². The summed E-state index contributed by atoms with van der Waals surface area (Å²) in [6, 6.07) is 3.68. The average molecular weight is 234 g/mol. The minimum Gasteiger partial charge on any atom is -0.469 e. The lowest BCUT2D eigenvalue weighted by Crippen LogP contribution is -2.26. The molecule has 17 heavy (non-hydrogen) atoms. The van der Waals surface area contributed by atoms with Crippen LogP contribution in [0.25, 0.3) is 0 Å². The molecule has 0 spiro atoms. The van der Waals surface area contributed by atoms with Gasteiger partial charge in [-0.15, -0.1) is 0 Å². The van der Waals surface area contributed by atoms with Gasteiger partial charge in [-0.2, -0.15) is 5.10 Å². The number of hydrogen-bond acceptors (Lipinski definition) is 4. The number of carbonyl (C=O) groups is 1. The lowest BCUT2D eigenvalue weighted by atomic mass is 10.2. The van der Waals surface area contributed by atoms with Gasteiger partial charge in [-0.05, 0) is 12.1 Å². The van der Waals surface area contributed by atoms with E-state index in [1.165, 1.54) is 6.33 Å². The van der Waals surface area contributed by atoms with Crippen LogP contribution in [0, 0.1) is 0 Å². The number of furan rings is 1. The van der Waals surface area contributed by atoms with Crippen molar-refractivity contribution in [2.75, 3.05) is 7.05 Å². The fourth-order valence-electron chi connectivity index (χ4n) is 1.50. The molecular formula is C11H14N4O2. The maximum atomic E-state index is 11.8.